The number of hydrogen-bond acceptors (Lipinski definition) is 4. The SMILES string of the molecule is Brc1ncnc(-c2ccoc2)n1. The van der Waals surface area contributed by atoms with Crippen LogP contribution in [0.4, 0.5) is 0 Å². The molecular formula is C7H4BrN3O. The molecule has 0 amide bonds. The van der Waals surface area contributed by atoms with Gasteiger partial charge in [0.1, 0.15) is 12.6 Å². The minimum atomic E-state index is 0.522. The predicted molar refractivity (Wildman–Crippen MR) is 45.2 cm³/mol. The summed E-state index contributed by atoms with van der Waals surface area (Å²) in [5.74, 6) is 0.602. The molecule has 0 N–H and O–H groups in total. The molecule has 12 heavy (non-hydrogen) atoms. The lowest BCUT2D eigenvalue weighted by molar-refractivity contribution is 0.568. The number of halogens is 1. The summed E-state index contributed by atoms with van der Waals surface area (Å²) in [4.78, 5) is 11.8. The van der Waals surface area contributed by atoms with E-state index in [-0.39, 0.29) is 0 Å². The molecule has 2 heterocycles. The van der Waals surface area contributed by atoms with Crippen molar-refractivity contribution >= 4 is 15.9 Å². The lowest BCUT2D eigenvalue weighted by Crippen LogP contribution is -1.89. The van der Waals surface area contributed by atoms with Gasteiger partial charge in [0, 0.05) is 0 Å². The lowest BCUT2D eigenvalue weighted by atomic mass is 10.3. The molecule has 0 aliphatic carbocycles. The Morgan fingerprint density at radius 3 is 2.92 bits per heavy atom. The highest BCUT2D eigenvalue weighted by atomic mass is 79.9. The van der Waals surface area contributed by atoms with E-state index in [0.717, 1.165) is 5.56 Å². The Hall–Kier alpha value is -1.23. The average molecular weight is 226 g/mol. The van der Waals surface area contributed by atoms with Crippen molar-refractivity contribution in [1.29, 1.82) is 0 Å². The third-order valence-corrected chi connectivity index (χ3v) is 1.70. The molecule has 0 saturated carbocycles. The molecule has 0 aliphatic rings. The van der Waals surface area contributed by atoms with E-state index < -0.39 is 0 Å². The average Bonchev–Trinajstić information content (AvgIpc) is 2.56. The summed E-state index contributed by atoms with van der Waals surface area (Å²) in [6.07, 6.45) is 4.61. The summed E-state index contributed by atoms with van der Waals surface area (Å²) in [7, 11) is 0. The van der Waals surface area contributed by atoms with E-state index in [9.17, 15) is 0 Å². The fourth-order valence-corrected chi connectivity index (χ4v) is 1.07. The Kier molecular flexibility index (Phi) is 1.87. The zero-order chi connectivity index (χ0) is 8.39. The van der Waals surface area contributed by atoms with Crippen molar-refractivity contribution in [2.24, 2.45) is 0 Å². The van der Waals surface area contributed by atoms with Crippen LogP contribution in [-0.2, 0) is 0 Å². The molecule has 0 atom stereocenters. The molecule has 2 aromatic rings. The molecule has 0 aliphatic heterocycles. The number of rotatable bonds is 1. The normalized spacial score (nSPS) is 10.1. The number of furan rings is 1. The smallest absolute Gasteiger partial charge is 0.200 e. The second-order valence-electron chi connectivity index (χ2n) is 2.09. The van der Waals surface area contributed by atoms with Gasteiger partial charge in [0.2, 0.25) is 0 Å². The standard InChI is InChI=1S/C7H4BrN3O/c8-7-10-4-9-6(11-7)5-1-2-12-3-5/h1-4H. The van der Waals surface area contributed by atoms with Crippen molar-refractivity contribution in [1.82, 2.24) is 15.0 Å². The minimum absolute atomic E-state index is 0.522. The second-order valence-corrected chi connectivity index (χ2v) is 2.80. The lowest BCUT2D eigenvalue weighted by Gasteiger charge is -1.92. The molecule has 2 aromatic heterocycles. The Balaban J connectivity index is 2.48. The van der Waals surface area contributed by atoms with Gasteiger partial charge in [-0.05, 0) is 22.0 Å². The van der Waals surface area contributed by atoms with Crippen molar-refractivity contribution in [3.05, 3.63) is 29.7 Å². The number of hydrogen-bond donors (Lipinski definition) is 0. The molecule has 2 rings (SSSR count). The Labute approximate surface area is 76.8 Å². The van der Waals surface area contributed by atoms with Gasteiger partial charge in [-0.1, -0.05) is 0 Å². The number of nitrogens with zero attached hydrogens (tertiary/aromatic N) is 3. The maximum atomic E-state index is 4.89. The van der Waals surface area contributed by atoms with Gasteiger partial charge in [-0.2, -0.15) is 0 Å². The van der Waals surface area contributed by atoms with Crippen LogP contribution in [0, 0.1) is 0 Å². The summed E-state index contributed by atoms with van der Waals surface area (Å²) in [5.41, 5.74) is 0.845. The Morgan fingerprint density at radius 2 is 2.25 bits per heavy atom. The van der Waals surface area contributed by atoms with Gasteiger partial charge in [-0.25, -0.2) is 15.0 Å². The van der Waals surface area contributed by atoms with Gasteiger partial charge in [0.15, 0.2) is 10.6 Å². The molecular weight excluding hydrogens is 222 g/mol. The van der Waals surface area contributed by atoms with Crippen molar-refractivity contribution in [2.75, 3.05) is 0 Å². The van der Waals surface area contributed by atoms with E-state index in [1.54, 1.807) is 18.6 Å². The molecule has 0 aromatic carbocycles. The van der Waals surface area contributed by atoms with E-state index in [4.69, 9.17) is 4.42 Å². The highest BCUT2D eigenvalue weighted by Gasteiger charge is 2.02. The monoisotopic (exact) mass is 225 g/mol. The molecule has 0 radical (unpaired) electrons. The van der Waals surface area contributed by atoms with Gasteiger partial charge in [0.05, 0.1) is 11.8 Å². The molecule has 0 unspecified atom stereocenters. The molecule has 0 spiro atoms. The highest BCUT2D eigenvalue weighted by molar-refractivity contribution is 9.10. The van der Waals surface area contributed by atoms with Gasteiger partial charge in [-0.3, -0.25) is 0 Å². The maximum absolute atomic E-state index is 4.89. The fraction of sp³-hybridized carbons (Fsp3) is 0. The summed E-state index contributed by atoms with van der Waals surface area (Å²) in [6.45, 7) is 0. The molecule has 0 bridgehead atoms. The predicted octanol–water partition coefficient (Wildman–Crippen LogP) is 1.89. The third kappa shape index (κ3) is 1.35. The van der Waals surface area contributed by atoms with E-state index >= 15 is 0 Å². The molecule has 5 heteroatoms. The second kappa shape index (κ2) is 3.02. The van der Waals surface area contributed by atoms with Crippen molar-refractivity contribution in [3.63, 3.8) is 0 Å². The van der Waals surface area contributed by atoms with Crippen LogP contribution in [0.15, 0.2) is 34.1 Å². The van der Waals surface area contributed by atoms with Crippen LogP contribution in [0.25, 0.3) is 11.4 Å². The quantitative estimate of drug-likeness (QED) is 0.744. The van der Waals surface area contributed by atoms with Crippen molar-refractivity contribution in [3.8, 4) is 11.4 Å². The summed E-state index contributed by atoms with van der Waals surface area (Å²) in [5, 5.41) is 0. The first kappa shape index (κ1) is 7.42. The summed E-state index contributed by atoms with van der Waals surface area (Å²) >= 11 is 3.15. The van der Waals surface area contributed by atoms with E-state index in [1.165, 1.54) is 6.33 Å². The van der Waals surface area contributed by atoms with Crippen LogP contribution in [0.3, 0.4) is 0 Å². The van der Waals surface area contributed by atoms with Gasteiger partial charge in [0.25, 0.3) is 0 Å². The topological polar surface area (TPSA) is 51.8 Å². The van der Waals surface area contributed by atoms with Gasteiger partial charge < -0.3 is 4.42 Å². The molecule has 4 nitrogen and oxygen atoms in total. The van der Waals surface area contributed by atoms with Crippen LogP contribution in [0.5, 0.6) is 0 Å². The largest absolute Gasteiger partial charge is 0.472 e. The van der Waals surface area contributed by atoms with Crippen LogP contribution in [-0.4, -0.2) is 15.0 Å². The fourth-order valence-electron chi connectivity index (χ4n) is 0.807. The maximum Gasteiger partial charge on any atom is 0.200 e. The van der Waals surface area contributed by atoms with Crippen LogP contribution < -0.4 is 0 Å². The first-order chi connectivity index (χ1) is 5.86. The van der Waals surface area contributed by atoms with Gasteiger partial charge in [-0.15, -0.1) is 0 Å². The molecule has 0 fully saturated rings. The molecule has 0 saturated heterocycles. The highest BCUT2D eigenvalue weighted by Crippen LogP contribution is 2.14. The van der Waals surface area contributed by atoms with Crippen molar-refractivity contribution < 1.29 is 4.42 Å². The van der Waals surface area contributed by atoms with Gasteiger partial charge >= 0.3 is 0 Å². The zero-order valence-corrected chi connectivity index (χ0v) is 7.52. The summed E-state index contributed by atoms with van der Waals surface area (Å²) < 4.78 is 5.42. The van der Waals surface area contributed by atoms with E-state index in [1.807, 2.05) is 0 Å². The Morgan fingerprint density at radius 1 is 1.33 bits per heavy atom. The van der Waals surface area contributed by atoms with E-state index in [2.05, 4.69) is 30.9 Å². The Bertz CT molecular complexity index is 374. The molecule has 60 valence electrons. The van der Waals surface area contributed by atoms with Crippen LogP contribution in [0.2, 0.25) is 0 Å². The first-order valence-corrected chi connectivity index (χ1v) is 4.02. The van der Waals surface area contributed by atoms with Crippen LogP contribution >= 0.6 is 15.9 Å². The van der Waals surface area contributed by atoms with Crippen molar-refractivity contribution in [2.45, 2.75) is 0 Å². The van der Waals surface area contributed by atoms with Crippen LogP contribution in [0.1, 0.15) is 0 Å². The zero-order valence-electron chi connectivity index (χ0n) is 5.94. The summed E-state index contributed by atoms with van der Waals surface area (Å²) in [6, 6.07) is 1.79. The minimum Gasteiger partial charge on any atom is -0.472 e. The third-order valence-electron chi connectivity index (χ3n) is 1.32. The number of aromatic nitrogens is 3. The van der Waals surface area contributed by atoms with E-state index in [0.29, 0.717) is 10.6 Å². The first-order valence-electron chi connectivity index (χ1n) is 3.23.